The monoisotopic (exact) mass is 378 g/mol. The maximum Gasteiger partial charge on any atom is 0.0819 e. The SMILES string of the molecule is CCCCCCCCCCCCCCCCOO.O=C([O-])[O-].O=C([O-])[O-]. The van der Waals surface area contributed by atoms with Crippen LogP contribution in [0.5, 0.6) is 0 Å². The van der Waals surface area contributed by atoms with E-state index in [1.807, 2.05) is 0 Å². The van der Waals surface area contributed by atoms with Crippen molar-refractivity contribution in [2.45, 2.75) is 96.8 Å². The highest BCUT2D eigenvalue weighted by Gasteiger charge is 1.93. The molecule has 0 aliphatic heterocycles. The van der Waals surface area contributed by atoms with Crippen molar-refractivity contribution in [1.29, 1.82) is 0 Å². The molecular formula is C18H34O8-4. The van der Waals surface area contributed by atoms with Crippen molar-refractivity contribution in [3.05, 3.63) is 0 Å². The summed E-state index contributed by atoms with van der Waals surface area (Å²) in [6, 6.07) is 0. The van der Waals surface area contributed by atoms with Crippen LogP contribution >= 0.6 is 0 Å². The Morgan fingerprint density at radius 3 is 1.08 bits per heavy atom. The van der Waals surface area contributed by atoms with Crippen LogP contribution in [0.25, 0.3) is 0 Å². The molecule has 0 aliphatic rings. The Morgan fingerprint density at radius 1 is 0.615 bits per heavy atom. The van der Waals surface area contributed by atoms with Gasteiger partial charge in [-0.05, 0) is 18.7 Å². The average Bonchev–Trinajstić information content (AvgIpc) is 2.54. The summed E-state index contributed by atoms with van der Waals surface area (Å²) in [6.07, 6.45) is 14.4. The first-order chi connectivity index (χ1) is 12.4. The molecule has 0 aromatic carbocycles. The second-order valence-corrected chi connectivity index (χ2v) is 5.93. The van der Waals surface area contributed by atoms with E-state index in [1.54, 1.807) is 0 Å². The maximum absolute atomic E-state index is 8.33. The molecule has 0 aromatic rings. The summed E-state index contributed by atoms with van der Waals surface area (Å²) >= 11 is 0. The molecule has 8 heteroatoms. The summed E-state index contributed by atoms with van der Waals surface area (Å²) in [4.78, 5) is 20.7. The van der Waals surface area contributed by atoms with Crippen molar-refractivity contribution >= 4 is 12.3 Å². The topological polar surface area (TPSA) is 156 Å². The largest absolute Gasteiger partial charge is 0.652 e. The van der Waals surface area contributed by atoms with Crippen LogP contribution < -0.4 is 20.4 Å². The second kappa shape index (κ2) is 28.3. The highest BCUT2D eigenvalue weighted by Crippen LogP contribution is 2.12. The Morgan fingerprint density at radius 2 is 0.846 bits per heavy atom. The van der Waals surface area contributed by atoms with Gasteiger partial charge >= 0.3 is 0 Å². The first kappa shape index (κ1) is 29.2. The van der Waals surface area contributed by atoms with Crippen LogP contribution in [-0.4, -0.2) is 24.2 Å². The highest BCUT2D eigenvalue weighted by molar-refractivity contribution is 5.47. The minimum Gasteiger partial charge on any atom is -0.652 e. The summed E-state index contributed by atoms with van der Waals surface area (Å²) in [5.74, 6) is 0. The molecule has 0 rings (SSSR count). The van der Waals surface area contributed by atoms with E-state index in [-0.39, 0.29) is 0 Å². The lowest BCUT2D eigenvalue weighted by Crippen LogP contribution is -2.37. The van der Waals surface area contributed by atoms with E-state index in [0.29, 0.717) is 6.61 Å². The van der Waals surface area contributed by atoms with E-state index in [1.165, 1.54) is 83.5 Å². The quantitative estimate of drug-likeness (QED) is 0.252. The molecule has 0 saturated heterocycles. The molecule has 0 fully saturated rings. The summed E-state index contributed by atoms with van der Waals surface area (Å²) in [6.45, 7) is 2.77. The molecular weight excluding hydrogens is 344 g/mol. The van der Waals surface area contributed by atoms with E-state index in [4.69, 9.17) is 35.3 Å². The average molecular weight is 378 g/mol. The number of rotatable bonds is 15. The third-order valence-corrected chi connectivity index (χ3v) is 3.59. The van der Waals surface area contributed by atoms with E-state index in [9.17, 15) is 0 Å². The lowest BCUT2D eigenvalue weighted by Gasteiger charge is -2.02. The lowest BCUT2D eigenvalue weighted by molar-refractivity contribution is -0.417. The fourth-order valence-corrected chi connectivity index (χ4v) is 2.36. The van der Waals surface area contributed by atoms with E-state index >= 15 is 0 Å². The normalized spacial score (nSPS) is 9.46. The van der Waals surface area contributed by atoms with Crippen LogP contribution in [0.1, 0.15) is 96.8 Å². The smallest absolute Gasteiger partial charge is 0.0819 e. The molecule has 0 aromatic heterocycles. The van der Waals surface area contributed by atoms with Gasteiger partial charge in [-0.3, -0.25) is 5.26 Å². The first-order valence-corrected chi connectivity index (χ1v) is 9.40. The Balaban J connectivity index is -0.000000551. The predicted octanol–water partition coefficient (Wildman–Crippen LogP) is 1.06. The summed E-state index contributed by atoms with van der Waals surface area (Å²) < 4.78 is 0. The van der Waals surface area contributed by atoms with Gasteiger partial charge in [-0.25, -0.2) is 4.89 Å². The minimum absolute atomic E-state index is 0.498. The third-order valence-electron chi connectivity index (χ3n) is 3.59. The van der Waals surface area contributed by atoms with Gasteiger partial charge < -0.3 is 30.0 Å². The molecule has 0 unspecified atom stereocenters. The van der Waals surface area contributed by atoms with Crippen molar-refractivity contribution in [2.75, 3.05) is 6.61 Å². The number of hydrogen-bond acceptors (Lipinski definition) is 8. The molecule has 0 spiro atoms. The van der Waals surface area contributed by atoms with Crippen LogP contribution in [0.4, 0.5) is 9.59 Å². The molecule has 26 heavy (non-hydrogen) atoms. The van der Waals surface area contributed by atoms with Gasteiger partial charge in [-0.1, -0.05) is 90.4 Å². The molecule has 0 atom stereocenters. The third kappa shape index (κ3) is 57.1. The minimum atomic E-state index is -2.33. The maximum atomic E-state index is 8.33. The van der Waals surface area contributed by atoms with Crippen LogP contribution in [-0.2, 0) is 4.89 Å². The fourth-order valence-electron chi connectivity index (χ4n) is 2.36. The van der Waals surface area contributed by atoms with Gasteiger partial charge in [0.15, 0.2) is 0 Å². The van der Waals surface area contributed by atoms with E-state index in [2.05, 4.69) is 11.8 Å². The van der Waals surface area contributed by atoms with Crippen LogP contribution in [0.2, 0.25) is 0 Å². The van der Waals surface area contributed by atoms with Crippen molar-refractivity contribution in [1.82, 2.24) is 0 Å². The van der Waals surface area contributed by atoms with Crippen LogP contribution in [0.15, 0.2) is 0 Å². The first-order valence-electron chi connectivity index (χ1n) is 9.40. The second-order valence-electron chi connectivity index (χ2n) is 5.93. The van der Waals surface area contributed by atoms with Crippen LogP contribution in [0.3, 0.4) is 0 Å². The van der Waals surface area contributed by atoms with Gasteiger partial charge in [0.25, 0.3) is 0 Å². The molecule has 1 N–H and O–H groups in total. The van der Waals surface area contributed by atoms with Crippen molar-refractivity contribution < 1.29 is 40.2 Å². The molecule has 0 radical (unpaired) electrons. The van der Waals surface area contributed by atoms with Crippen LogP contribution in [0, 0.1) is 0 Å². The zero-order valence-corrected chi connectivity index (χ0v) is 15.9. The van der Waals surface area contributed by atoms with Crippen molar-refractivity contribution in [2.24, 2.45) is 0 Å². The molecule has 8 nitrogen and oxygen atoms in total. The van der Waals surface area contributed by atoms with Crippen molar-refractivity contribution in [3.8, 4) is 0 Å². The number of unbranched alkanes of at least 4 members (excludes halogenated alkanes) is 13. The number of hydrogen-bond donors (Lipinski definition) is 1. The Bertz CT molecular complexity index is 248. The molecule has 0 amide bonds. The standard InChI is InChI=1S/C16H34O2.2CH2O3/c1-2-3-4-5-6-7-8-9-10-11-12-13-14-15-16-18-17;2*2-1(3)4/h17H,2-16H2,1H3;2*(H2,2,3,4)/p-4. The molecule has 0 bridgehead atoms. The summed E-state index contributed by atoms with van der Waals surface area (Å²) in [5, 5.41) is 41.5. The molecule has 0 aliphatic carbocycles. The van der Waals surface area contributed by atoms with Gasteiger partial charge in [0.05, 0.1) is 6.61 Å². The Kier molecular flexibility index (Phi) is 31.8. The number of carboxylic acid groups (broad SMARTS) is 4. The number of carbonyl (C=O) groups excluding carboxylic acids is 2. The molecule has 0 saturated carbocycles. The van der Waals surface area contributed by atoms with Gasteiger partial charge in [0, 0.05) is 0 Å². The molecule has 158 valence electrons. The van der Waals surface area contributed by atoms with Gasteiger partial charge in [-0.15, -0.1) is 0 Å². The van der Waals surface area contributed by atoms with Gasteiger partial charge in [0.1, 0.15) is 0 Å². The summed E-state index contributed by atoms with van der Waals surface area (Å²) in [5.41, 5.74) is 0. The highest BCUT2D eigenvalue weighted by atomic mass is 17.1. The predicted molar refractivity (Wildman–Crippen MR) is 89.7 cm³/mol. The van der Waals surface area contributed by atoms with Gasteiger partial charge in [-0.2, -0.15) is 0 Å². The fraction of sp³-hybridized carbons (Fsp3) is 0.889. The summed E-state index contributed by atoms with van der Waals surface area (Å²) in [7, 11) is 0. The van der Waals surface area contributed by atoms with E-state index < -0.39 is 12.3 Å². The number of carbonyl (C=O) groups is 2. The lowest BCUT2D eigenvalue weighted by atomic mass is 10.0. The Labute approximate surface area is 156 Å². The van der Waals surface area contributed by atoms with Crippen molar-refractivity contribution in [3.63, 3.8) is 0 Å². The van der Waals surface area contributed by atoms with E-state index in [0.717, 1.165) is 6.42 Å². The van der Waals surface area contributed by atoms with Gasteiger partial charge in [0.2, 0.25) is 0 Å². The zero-order valence-electron chi connectivity index (χ0n) is 15.9. The molecule has 0 heterocycles. The zero-order chi connectivity index (χ0) is 20.5. The Hall–Kier alpha value is -1.54.